The molecule has 160 valence electrons. The van der Waals surface area contributed by atoms with E-state index in [2.05, 4.69) is 21.8 Å². The van der Waals surface area contributed by atoms with E-state index in [1.807, 2.05) is 37.3 Å². The fraction of sp³-hybridized carbons (Fsp3) is 0.130. The maximum Gasteiger partial charge on any atom is 0.188 e. The van der Waals surface area contributed by atoms with Crippen molar-refractivity contribution >= 4 is 34.8 Å². The van der Waals surface area contributed by atoms with Crippen molar-refractivity contribution in [2.24, 2.45) is 0 Å². The van der Waals surface area contributed by atoms with E-state index < -0.39 is 0 Å². The molecule has 0 fully saturated rings. The Hall–Kier alpha value is -3.31. The Morgan fingerprint density at radius 1 is 0.906 bits per heavy atom. The molecular weight excluding hydrogens is 471 g/mol. The summed E-state index contributed by atoms with van der Waals surface area (Å²) in [5.41, 5.74) is 2.93. The first-order valence-electron chi connectivity index (χ1n) is 8.89. The molecule has 0 unspecified atom stereocenters. The number of nitrogens with zero attached hydrogens (tertiary/aromatic N) is 4. The number of aryl methyl sites for hydroxylation is 1. The number of nitriles is 2. The SMILES string of the molecule is COCOc1ccc(C#Cc2cnc(C#N)c(Cl)c2)c(C)c1.N#Cc1ncc(Cl)cc1Cl. The maximum absolute atomic E-state index is 8.79. The van der Waals surface area contributed by atoms with Crippen LogP contribution in [0.5, 0.6) is 5.75 Å². The summed E-state index contributed by atoms with van der Waals surface area (Å²) in [7, 11) is 1.57. The normalized spacial score (nSPS) is 9.34. The van der Waals surface area contributed by atoms with Gasteiger partial charge in [0.05, 0.1) is 15.1 Å². The van der Waals surface area contributed by atoms with Gasteiger partial charge in [-0.25, -0.2) is 9.97 Å². The highest BCUT2D eigenvalue weighted by atomic mass is 35.5. The van der Waals surface area contributed by atoms with Gasteiger partial charge in [0.15, 0.2) is 18.2 Å². The van der Waals surface area contributed by atoms with Gasteiger partial charge < -0.3 is 9.47 Å². The molecule has 9 heteroatoms. The van der Waals surface area contributed by atoms with Gasteiger partial charge in [-0.1, -0.05) is 46.6 Å². The molecule has 0 saturated carbocycles. The summed E-state index contributed by atoms with van der Waals surface area (Å²) in [4.78, 5) is 7.62. The van der Waals surface area contributed by atoms with Crippen LogP contribution in [-0.2, 0) is 4.74 Å². The highest BCUT2D eigenvalue weighted by molar-refractivity contribution is 6.35. The summed E-state index contributed by atoms with van der Waals surface area (Å²) in [5.74, 6) is 6.77. The number of pyridine rings is 2. The molecular formula is C23H15Cl3N4O2. The molecule has 32 heavy (non-hydrogen) atoms. The van der Waals surface area contributed by atoms with Gasteiger partial charge in [-0.3, -0.25) is 0 Å². The second-order valence-corrected chi connectivity index (χ2v) is 7.29. The van der Waals surface area contributed by atoms with Crippen LogP contribution in [0, 0.1) is 41.4 Å². The lowest BCUT2D eigenvalue weighted by atomic mass is 10.1. The zero-order chi connectivity index (χ0) is 23.5. The Morgan fingerprint density at radius 3 is 2.12 bits per heavy atom. The Morgan fingerprint density at radius 2 is 1.56 bits per heavy atom. The average molecular weight is 486 g/mol. The van der Waals surface area contributed by atoms with E-state index >= 15 is 0 Å². The van der Waals surface area contributed by atoms with E-state index in [-0.39, 0.29) is 23.2 Å². The summed E-state index contributed by atoms with van der Waals surface area (Å²) < 4.78 is 10.2. The third-order valence-corrected chi connectivity index (χ3v) is 4.53. The van der Waals surface area contributed by atoms with Gasteiger partial charge in [-0.05, 0) is 42.8 Å². The van der Waals surface area contributed by atoms with Gasteiger partial charge in [-0.2, -0.15) is 10.5 Å². The third kappa shape index (κ3) is 7.43. The average Bonchev–Trinajstić information content (AvgIpc) is 2.77. The minimum Gasteiger partial charge on any atom is -0.468 e. The van der Waals surface area contributed by atoms with Crippen LogP contribution in [0.25, 0.3) is 0 Å². The number of hydrogen-bond acceptors (Lipinski definition) is 6. The molecule has 2 heterocycles. The molecule has 1 aromatic carbocycles. The first kappa shape index (κ1) is 25.0. The van der Waals surface area contributed by atoms with Gasteiger partial charge in [0, 0.05) is 30.6 Å². The lowest BCUT2D eigenvalue weighted by Gasteiger charge is -2.06. The molecule has 0 aliphatic heterocycles. The van der Waals surface area contributed by atoms with Gasteiger partial charge in [0.25, 0.3) is 0 Å². The molecule has 6 nitrogen and oxygen atoms in total. The predicted molar refractivity (Wildman–Crippen MR) is 123 cm³/mol. The van der Waals surface area contributed by atoms with Crippen LogP contribution in [-0.4, -0.2) is 23.9 Å². The highest BCUT2D eigenvalue weighted by Crippen LogP contribution is 2.18. The van der Waals surface area contributed by atoms with E-state index in [1.165, 1.54) is 18.5 Å². The Bertz CT molecular complexity index is 1250. The molecule has 0 N–H and O–H groups in total. The van der Waals surface area contributed by atoms with Crippen molar-refractivity contribution in [2.75, 3.05) is 13.9 Å². The molecule has 0 atom stereocenters. The predicted octanol–water partition coefficient (Wildman–Crippen LogP) is 5.56. The largest absolute Gasteiger partial charge is 0.468 e. The Balaban J connectivity index is 0.000000303. The number of ether oxygens (including phenoxy) is 2. The number of aromatic nitrogens is 2. The minimum absolute atomic E-state index is 0.197. The van der Waals surface area contributed by atoms with E-state index in [9.17, 15) is 0 Å². The molecule has 0 radical (unpaired) electrons. The number of hydrogen-bond donors (Lipinski definition) is 0. The first-order valence-corrected chi connectivity index (χ1v) is 10.0. The molecule has 0 amide bonds. The summed E-state index contributed by atoms with van der Waals surface area (Å²) in [6, 6.07) is 12.5. The fourth-order valence-corrected chi connectivity index (χ4v) is 2.85. The molecule has 0 bridgehead atoms. The van der Waals surface area contributed by atoms with E-state index in [0.717, 1.165) is 16.9 Å². The quantitative estimate of drug-likeness (QED) is 0.356. The van der Waals surface area contributed by atoms with E-state index in [4.69, 9.17) is 54.8 Å². The van der Waals surface area contributed by atoms with Crippen LogP contribution >= 0.6 is 34.8 Å². The van der Waals surface area contributed by atoms with Crippen molar-refractivity contribution in [2.45, 2.75) is 6.92 Å². The second-order valence-electron chi connectivity index (χ2n) is 6.04. The van der Waals surface area contributed by atoms with Crippen molar-refractivity contribution in [1.29, 1.82) is 10.5 Å². The Labute approximate surface area is 200 Å². The molecule has 0 spiro atoms. The van der Waals surface area contributed by atoms with Crippen molar-refractivity contribution in [3.05, 3.63) is 85.9 Å². The van der Waals surface area contributed by atoms with E-state index in [1.54, 1.807) is 13.2 Å². The topological polar surface area (TPSA) is 91.8 Å². The number of benzene rings is 1. The smallest absolute Gasteiger partial charge is 0.188 e. The van der Waals surface area contributed by atoms with Crippen LogP contribution in [0.1, 0.15) is 28.1 Å². The second kappa shape index (κ2) is 12.5. The number of rotatable bonds is 3. The van der Waals surface area contributed by atoms with Gasteiger partial charge >= 0.3 is 0 Å². The van der Waals surface area contributed by atoms with Crippen LogP contribution in [0.3, 0.4) is 0 Å². The van der Waals surface area contributed by atoms with Gasteiger partial charge in [0.1, 0.15) is 17.9 Å². The van der Waals surface area contributed by atoms with Crippen LogP contribution in [0.2, 0.25) is 15.1 Å². The third-order valence-electron chi connectivity index (χ3n) is 3.74. The summed E-state index contributed by atoms with van der Waals surface area (Å²) >= 11 is 17.0. The summed E-state index contributed by atoms with van der Waals surface area (Å²) in [5, 5.41) is 18.2. The zero-order valence-corrected chi connectivity index (χ0v) is 19.3. The molecule has 0 aliphatic carbocycles. The lowest BCUT2D eigenvalue weighted by molar-refractivity contribution is 0.0511. The van der Waals surface area contributed by atoms with Gasteiger partial charge in [0.2, 0.25) is 0 Å². The maximum atomic E-state index is 8.79. The monoisotopic (exact) mass is 484 g/mol. The molecule has 3 rings (SSSR count). The lowest BCUT2D eigenvalue weighted by Crippen LogP contribution is -1.99. The first-order chi connectivity index (χ1) is 15.4. The number of halogens is 3. The summed E-state index contributed by atoms with van der Waals surface area (Å²) in [6.45, 7) is 2.16. The summed E-state index contributed by atoms with van der Waals surface area (Å²) in [6.07, 6.45) is 2.91. The number of methoxy groups -OCH3 is 1. The minimum atomic E-state index is 0.197. The van der Waals surface area contributed by atoms with Crippen molar-refractivity contribution in [3.63, 3.8) is 0 Å². The van der Waals surface area contributed by atoms with Gasteiger partial charge in [-0.15, -0.1) is 0 Å². The molecule has 3 aromatic rings. The van der Waals surface area contributed by atoms with Crippen molar-refractivity contribution in [1.82, 2.24) is 9.97 Å². The Kier molecular flexibility index (Phi) is 9.76. The highest BCUT2D eigenvalue weighted by Gasteiger charge is 2.02. The molecule has 2 aromatic heterocycles. The zero-order valence-electron chi connectivity index (χ0n) is 17.0. The van der Waals surface area contributed by atoms with Crippen molar-refractivity contribution < 1.29 is 9.47 Å². The molecule has 0 saturated heterocycles. The standard InChI is InChI=1S/C17H13ClN2O2.C6H2Cl2N2/c1-12-7-15(22-11-21-2)6-5-14(12)4-3-13-8-16(18)17(9-19)20-10-13;7-4-1-5(8)6(2-9)10-3-4/h5-8,10H,11H2,1-2H3;1,3H. The van der Waals surface area contributed by atoms with Crippen LogP contribution < -0.4 is 4.74 Å². The van der Waals surface area contributed by atoms with Crippen LogP contribution in [0.4, 0.5) is 0 Å². The molecule has 0 aliphatic rings. The fourth-order valence-electron chi connectivity index (χ4n) is 2.22. The van der Waals surface area contributed by atoms with E-state index in [0.29, 0.717) is 15.6 Å². The van der Waals surface area contributed by atoms with Crippen LogP contribution in [0.15, 0.2) is 42.7 Å². The van der Waals surface area contributed by atoms with Crippen molar-refractivity contribution in [3.8, 4) is 29.7 Å².